The molecule has 0 radical (unpaired) electrons. The number of rotatable bonds is 5. The molecule has 3 amide bonds. The summed E-state index contributed by atoms with van der Waals surface area (Å²) < 4.78 is 5.86. The molecule has 0 aliphatic rings. The molecular formula is C22H19Cl4N5O4. The van der Waals surface area contributed by atoms with Crippen molar-refractivity contribution in [3.05, 3.63) is 73.6 Å². The largest absolute Gasteiger partial charge is 0.452 e. The number of carbonyl (C=O) groups is 3. The fraction of sp³-hybridized carbons (Fsp3) is 0.182. The highest BCUT2D eigenvalue weighted by molar-refractivity contribution is 6.42. The molecular weight excluding hydrogens is 540 g/mol. The van der Waals surface area contributed by atoms with Crippen LogP contribution in [0.15, 0.2) is 36.5 Å². The van der Waals surface area contributed by atoms with Crippen LogP contribution in [0.3, 0.4) is 0 Å². The molecule has 35 heavy (non-hydrogen) atoms. The molecule has 184 valence electrons. The maximum atomic E-state index is 13.4. The lowest BCUT2D eigenvalue weighted by atomic mass is 10.1. The molecule has 0 aliphatic heterocycles. The highest BCUT2D eigenvalue weighted by Gasteiger charge is 2.26. The minimum atomic E-state index is -0.834. The SMILES string of the molecule is CCN(NC(=O)OC)C(=O)c1cc(Cl)cc(C)c1NC(=O)c1cc(Cl)c(Cl)n1-c1ncccc1Cl. The van der Waals surface area contributed by atoms with E-state index in [0.717, 1.165) is 5.01 Å². The molecule has 0 fully saturated rings. The number of pyridine rings is 1. The van der Waals surface area contributed by atoms with Crippen molar-refractivity contribution in [1.29, 1.82) is 0 Å². The average molecular weight is 559 g/mol. The van der Waals surface area contributed by atoms with E-state index >= 15 is 0 Å². The number of hydrogen-bond acceptors (Lipinski definition) is 5. The van der Waals surface area contributed by atoms with E-state index in [4.69, 9.17) is 46.4 Å². The first-order valence-corrected chi connectivity index (χ1v) is 11.6. The van der Waals surface area contributed by atoms with Gasteiger partial charge in [0.15, 0.2) is 5.82 Å². The maximum absolute atomic E-state index is 13.4. The predicted molar refractivity (Wildman–Crippen MR) is 135 cm³/mol. The summed E-state index contributed by atoms with van der Waals surface area (Å²) in [6, 6.07) is 7.52. The number of halogens is 4. The quantitative estimate of drug-likeness (QED) is 0.386. The molecule has 0 unspecified atom stereocenters. The highest BCUT2D eigenvalue weighted by atomic mass is 35.5. The summed E-state index contributed by atoms with van der Waals surface area (Å²) in [5.74, 6) is -1.08. The van der Waals surface area contributed by atoms with Gasteiger partial charge in [0.2, 0.25) is 0 Å². The Labute approximate surface area is 220 Å². The zero-order valence-electron chi connectivity index (χ0n) is 18.7. The zero-order chi connectivity index (χ0) is 25.9. The van der Waals surface area contributed by atoms with Crippen LogP contribution in [-0.4, -0.2) is 46.1 Å². The highest BCUT2D eigenvalue weighted by Crippen LogP contribution is 2.33. The van der Waals surface area contributed by atoms with Gasteiger partial charge in [-0.15, -0.1) is 0 Å². The van der Waals surface area contributed by atoms with Gasteiger partial charge in [-0.1, -0.05) is 46.4 Å². The van der Waals surface area contributed by atoms with Crippen LogP contribution in [0.5, 0.6) is 0 Å². The summed E-state index contributed by atoms with van der Waals surface area (Å²) in [5, 5.41) is 4.37. The van der Waals surface area contributed by atoms with E-state index in [2.05, 4.69) is 20.5 Å². The van der Waals surface area contributed by atoms with Crippen LogP contribution >= 0.6 is 46.4 Å². The second kappa shape index (κ2) is 11.2. The Bertz CT molecular complexity index is 1310. The molecule has 13 heteroatoms. The molecule has 0 bridgehead atoms. The topological polar surface area (TPSA) is 106 Å². The molecule has 0 saturated heterocycles. The van der Waals surface area contributed by atoms with Gasteiger partial charge in [0.05, 0.1) is 28.4 Å². The van der Waals surface area contributed by atoms with Gasteiger partial charge in [0, 0.05) is 17.8 Å². The second-order valence-electron chi connectivity index (χ2n) is 7.06. The number of carbonyl (C=O) groups excluding carboxylic acids is 3. The van der Waals surface area contributed by atoms with Crippen LogP contribution in [0.25, 0.3) is 5.82 Å². The molecule has 1 aromatic carbocycles. The minimum Gasteiger partial charge on any atom is -0.452 e. The van der Waals surface area contributed by atoms with E-state index < -0.39 is 17.9 Å². The van der Waals surface area contributed by atoms with Crippen LogP contribution in [0.4, 0.5) is 10.5 Å². The smallest absolute Gasteiger partial charge is 0.425 e. The number of aryl methyl sites for hydroxylation is 1. The molecule has 3 aromatic rings. The number of aromatic nitrogens is 2. The van der Waals surface area contributed by atoms with Crippen LogP contribution in [0, 0.1) is 6.92 Å². The van der Waals surface area contributed by atoms with E-state index in [-0.39, 0.29) is 49.5 Å². The fourth-order valence-electron chi connectivity index (χ4n) is 3.20. The number of ether oxygens (including phenoxy) is 1. The van der Waals surface area contributed by atoms with E-state index in [1.54, 1.807) is 32.0 Å². The summed E-state index contributed by atoms with van der Waals surface area (Å²) >= 11 is 25.0. The second-order valence-corrected chi connectivity index (χ2v) is 8.67. The van der Waals surface area contributed by atoms with Gasteiger partial charge in [-0.3, -0.25) is 14.2 Å². The molecule has 2 heterocycles. The van der Waals surface area contributed by atoms with Gasteiger partial charge in [-0.25, -0.2) is 20.2 Å². The summed E-state index contributed by atoms with van der Waals surface area (Å²) in [4.78, 5) is 42.5. The molecule has 0 spiro atoms. The Hall–Kier alpha value is -2.98. The van der Waals surface area contributed by atoms with Gasteiger partial charge < -0.3 is 10.1 Å². The Morgan fingerprint density at radius 3 is 2.46 bits per heavy atom. The summed E-state index contributed by atoms with van der Waals surface area (Å²) in [7, 11) is 1.17. The molecule has 0 aliphatic carbocycles. The van der Waals surface area contributed by atoms with Gasteiger partial charge in [-0.2, -0.15) is 0 Å². The molecule has 0 saturated carbocycles. The van der Waals surface area contributed by atoms with E-state index in [9.17, 15) is 14.4 Å². The molecule has 9 nitrogen and oxygen atoms in total. The standard InChI is InChI=1S/C22H19Cl4N5O4/c1-4-30(29-22(34)35-3)21(33)13-9-12(23)8-11(2)17(13)28-20(32)16-10-15(25)18(26)31(16)19-14(24)6-5-7-27-19/h5-10H,4H2,1-3H3,(H,28,32)(H,29,34). The third-order valence-corrected chi connectivity index (χ3v) is 6.09. The number of hydrazine groups is 1. The van der Waals surface area contributed by atoms with E-state index in [0.29, 0.717) is 5.56 Å². The van der Waals surface area contributed by atoms with Crippen molar-refractivity contribution in [2.45, 2.75) is 13.8 Å². The number of nitrogens with zero attached hydrogens (tertiary/aromatic N) is 3. The van der Waals surface area contributed by atoms with Crippen molar-refractivity contribution < 1.29 is 19.1 Å². The third kappa shape index (κ3) is 5.65. The first kappa shape index (κ1) is 26.6. The summed E-state index contributed by atoms with van der Waals surface area (Å²) in [5.41, 5.74) is 3.04. The third-order valence-electron chi connectivity index (χ3n) is 4.82. The maximum Gasteiger partial charge on any atom is 0.425 e. The molecule has 2 N–H and O–H groups in total. The van der Waals surface area contributed by atoms with E-state index in [1.165, 1.54) is 30.0 Å². The first-order chi connectivity index (χ1) is 16.6. The number of anilines is 1. The number of amides is 3. The van der Waals surface area contributed by atoms with Crippen LogP contribution < -0.4 is 10.7 Å². The van der Waals surface area contributed by atoms with Crippen molar-refractivity contribution in [3.63, 3.8) is 0 Å². The van der Waals surface area contributed by atoms with Gasteiger partial charge in [0.1, 0.15) is 10.8 Å². The fourth-order valence-corrected chi connectivity index (χ4v) is 4.10. The molecule has 3 rings (SSSR count). The minimum absolute atomic E-state index is 0.0217. The Morgan fingerprint density at radius 2 is 1.83 bits per heavy atom. The van der Waals surface area contributed by atoms with Crippen LogP contribution in [0.1, 0.15) is 33.3 Å². The average Bonchev–Trinajstić information content (AvgIpc) is 3.12. The molecule has 0 atom stereocenters. The van der Waals surface area contributed by atoms with Gasteiger partial charge in [-0.05, 0) is 49.7 Å². The monoisotopic (exact) mass is 557 g/mol. The summed E-state index contributed by atoms with van der Waals surface area (Å²) in [6.45, 7) is 3.42. The first-order valence-electron chi connectivity index (χ1n) is 10.0. The van der Waals surface area contributed by atoms with Crippen LogP contribution in [-0.2, 0) is 4.74 Å². The Kier molecular flexibility index (Phi) is 8.50. The van der Waals surface area contributed by atoms with Crippen molar-refractivity contribution in [2.75, 3.05) is 19.0 Å². The number of methoxy groups -OCH3 is 1. The van der Waals surface area contributed by atoms with Crippen molar-refractivity contribution in [2.24, 2.45) is 0 Å². The zero-order valence-corrected chi connectivity index (χ0v) is 21.7. The number of hydrogen-bond donors (Lipinski definition) is 2. The number of nitrogens with one attached hydrogen (secondary N) is 2. The van der Waals surface area contributed by atoms with Gasteiger partial charge in [0.25, 0.3) is 11.8 Å². The van der Waals surface area contributed by atoms with Crippen molar-refractivity contribution in [3.8, 4) is 5.82 Å². The predicted octanol–water partition coefficient (Wildman–Crippen LogP) is 5.78. The van der Waals surface area contributed by atoms with Crippen molar-refractivity contribution in [1.82, 2.24) is 20.0 Å². The lowest BCUT2D eigenvalue weighted by Gasteiger charge is -2.23. The summed E-state index contributed by atoms with van der Waals surface area (Å²) in [6.07, 6.45) is 0.653. The number of benzene rings is 1. The normalized spacial score (nSPS) is 10.6. The van der Waals surface area contributed by atoms with Crippen LogP contribution in [0.2, 0.25) is 20.2 Å². The Morgan fingerprint density at radius 1 is 1.11 bits per heavy atom. The Balaban J connectivity index is 2.06. The van der Waals surface area contributed by atoms with E-state index in [1.807, 2.05) is 0 Å². The van der Waals surface area contributed by atoms with Gasteiger partial charge >= 0.3 is 6.09 Å². The molecule has 2 aromatic heterocycles. The van der Waals surface area contributed by atoms with Crippen molar-refractivity contribution >= 4 is 70.0 Å². The lowest BCUT2D eigenvalue weighted by Crippen LogP contribution is -2.46. The lowest BCUT2D eigenvalue weighted by molar-refractivity contribution is 0.0644.